The summed E-state index contributed by atoms with van der Waals surface area (Å²) < 4.78 is 27.8. The summed E-state index contributed by atoms with van der Waals surface area (Å²) in [5.41, 5.74) is 6.32. The molecule has 0 spiro atoms. The second-order valence-corrected chi connectivity index (χ2v) is 3.21. The van der Waals surface area contributed by atoms with E-state index in [4.69, 9.17) is 5.73 Å². The average Bonchev–Trinajstić information content (AvgIpc) is 2.17. The number of aliphatic hydroxyl groups is 1. The zero-order valence-corrected chi connectivity index (χ0v) is 9.45. The Kier molecular flexibility index (Phi) is 6.25. The fourth-order valence-corrected chi connectivity index (χ4v) is 1.15. The minimum absolute atomic E-state index is 0. The van der Waals surface area contributed by atoms with Crippen molar-refractivity contribution in [1.82, 2.24) is 0 Å². The quantitative estimate of drug-likeness (QED) is 0.864. The highest BCUT2D eigenvalue weighted by Gasteiger charge is 2.12. The summed E-state index contributed by atoms with van der Waals surface area (Å²) in [6.07, 6.45) is -0.688. The Morgan fingerprint density at radius 2 is 1.75 bits per heavy atom. The van der Waals surface area contributed by atoms with Gasteiger partial charge in [0.05, 0.1) is 12.1 Å². The van der Waals surface area contributed by atoms with Gasteiger partial charge in [-0.25, -0.2) is 0 Å². The highest BCUT2D eigenvalue weighted by molar-refractivity contribution is 5.85. The Morgan fingerprint density at radius 1 is 1.25 bits per heavy atom. The van der Waals surface area contributed by atoms with Crippen LogP contribution in [0.2, 0.25) is 0 Å². The van der Waals surface area contributed by atoms with Gasteiger partial charge in [-0.2, -0.15) is 8.78 Å². The summed E-state index contributed by atoms with van der Waals surface area (Å²) in [7, 11) is 0. The number of nitrogens with two attached hydrogens (primary N) is 1. The molecule has 0 aliphatic rings. The van der Waals surface area contributed by atoms with Gasteiger partial charge in [-0.3, -0.25) is 0 Å². The van der Waals surface area contributed by atoms with Crippen molar-refractivity contribution in [2.24, 2.45) is 5.73 Å². The monoisotopic (exact) mass is 253 g/mol. The lowest BCUT2D eigenvalue weighted by molar-refractivity contribution is -0.0498. The van der Waals surface area contributed by atoms with Crippen molar-refractivity contribution in [3.05, 3.63) is 29.8 Å². The number of ether oxygens (including phenoxy) is 1. The van der Waals surface area contributed by atoms with Crippen LogP contribution in [0.4, 0.5) is 8.78 Å². The topological polar surface area (TPSA) is 55.5 Å². The van der Waals surface area contributed by atoms with Gasteiger partial charge in [-0.05, 0) is 24.6 Å². The number of rotatable bonds is 4. The molecule has 0 fully saturated rings. The van der Waals surface area contributed by atoms with E-state index in [1.165, 1.54) is 12.1 Å². The van der Waals surface area contributed by atoms with Gasteiger partial charge >= 0.3 is 6.61 Å². The summed E-state index contributed by atoms with van der Waals surface area (Å²) in [6, 6.07) is 5.36. The van der Waals surface area contributed by atoms with E-state index in [2.05, 4.69) is 4.74 Å². The van der Waals surface area contributed by atoms with Gasteiger partial charge in [-0.15, -0.1) is 12.4 Å². The van der Waals surface area contributed by atoms with Gasteiger partial charge < -0.3 is 15.6 Å². The summed E-state index contributed by atoms with van der Waals surface area (Å²) >= 11 is 0. The number of hydrogen-bond acceptors (Lipinski definition) is 3. The van der Waals surface area contributed by atoms with E-state index in [9.17, 15) is 13.9 Å². The van der Waals surface area contributed by atoms with Crippen LogP contribution in [0.5, 0.6) is 5.75 Å². The third-order valence-electron chi connectivity index (χ3n) is 2.01. The van der Waals surface area contributed by atoms with E-state index in [-0.39, 0.29) is 18.2 Å². The van der Waals surface area contributed by atoms with Crippen LogP contribution < -0.4 is 10.5 Å². The molecule has 1 aromatic rings. The van der Waals surface area contributed by atoms with Crippen molar-refractivity contribution in [2.75, 3.05) is 0 Å². The standard InChI is InChI=1S/C10H13F2NO2.ClH/c1-6(14)9(13)7-2-4-8(5-3-7)15-10(11)12;/h2-6,9-10,14H,13H2,1H3;1H/t6-,9-;/m0./s1. The molecule has 0 bridgehead atoms. The van der Waals surface area contributed by atoms with Crippen molar-refractivity contribution < 1.29 is 18.6 Å². The number of alkyl halides is 2. The first-order valence-corrected chi connectivity index (χ1v) is 4.49. The van der Waals surface area contributed by atoms with Gasteiger partial charge in [0.15, 0.2) is 0 Å². The fourth-order valence-electron chi connectivity index (χ4n) is 1.15. The fraction of sp³-hybridized carbons (Fsp3) is 0.400. The van der Waals surface area contributed by atoms with Crippen LogP contribution in [0.1, 0.15) is 18.5 Å². The molecule has 0 unspecified atom stereocenters. The predicted molar refractivity (Wildman–Crippen MR) is 58.9 cm³/mol. The lowest BCUT2D eigenvalue weighted by atomic mass is 10.0. The molecule has 0 amide bonds. The molecular formula is C10H14ClF2NO2. The molecule has 0 heterocycles. The molecule has 16 heavy (non-hydrogen) atoms. The molecule has 3 N–H and O–H groups in total. The molecule has 1 aromatic carbocycles. The van der Waals surface area contributed by atoms with Crippen LogP contribution in [0.25, 0.3) is 0 Å². The van der Waals surface area contributed by atoms with Crippen LogP contribution in [0.15, 0.2) is 24.3 Å². The van der Waals surface area contributed by atoms with Crippen LogP contribution in [0, 0.1) is 0 Å². The van der Waals surface area contributed by atoms with Crippen LogP contribution >= 0.6 is 12.4 Å². The summed E-state index contributed by atoms with van der Waals surface area (Å²) in [5, 5.41) is 9.21. The van der Waals surface area contributed by atoms with E-state index in [0.29, 0.717) is 5.56 Å². The Labute approximate surface area is 98.6 Å². The molecule has 1 rings (SSSR count). The second kappa shape index (κ2) is 6.62. The molecule has 92 valence electrons. The highest BCUT2D eigenvalue weighted by Crippen LogP contribution is 2.19. The number of hydrogen-bond donors (Lipinski definition) is 2. The zero-order chi connectivity index (χ0) is 11.4. The third kappa shape index (κ3) is 4.30. The van der Waals surface area contributed by atoms with Gasteiger partial charge in [-0.1, -0.05) is 12.1 Å². The van der Waals surface area contributed by atoms with Gasteiger partial charge in [0.25, 0.3) is 0 Å². The second-order valence-electron chi connectivity index (χ2n) is 3.21. The van der Waals surface area contributed by atoms with Crippen LogP contribution in [-0.2, 0) is 0 Å². The number of halogens is 3. The zero-order valence-electron chi connectivity index (χ0n) is 8.64. The van der Waals surface area contributed by atoms with Crippen LogP contribution in [-0.4, -0.2) is 17.8 Å². The Balaban J connectivity index is 0.00000225. The van der Waals surface area contributed by atoms with Gasteiger partial charge in [0.1, 0.15) is 5.75 Å². The van der Waals surface area contributed by atoms with Gasteiger partial charge in [0.2, 0.25) is 0 Å². The van der Waals surface area contributed by atoms with Crippen molar-refractivity contribution >= 4 is 12.4 Å². The predicted octanol–water partition coefficient (Wildman–Crippen LogP) is 2.09. The van der Waals surface area contributed by atoms with E-state index >= 15 is 0 Å². The smallest absolute Gasteiger partial charge is 0.387 e. The molecule has 0 radical (unpaired) electrons. The summed E-state index contributed by atoms with van der Waals surface area (Å²) in [5.74, 6) is 0.0755. The van der Waals surface area contributed by atoms with E-state index in [0.717, 1.165) is 0 Å². The Morgan fingerprint density at radius 3 is 2.12 bits per heavy atom. The van der Waals surface area contributed by atoms with Crippen molar-refractivity contribution in [3.8, 4) is 5.75 Å². The molecule has 0 aliphatic carbocycles. The molecule has 0 saturated carbocycles. The Hall–Kier alpha value is -0.910. The molecule has 3 nitrogen and oxygen atoms in total. The SMILES string of the molecule is C[C@H](O)[C@H](N)c1ccc(OC(F)F)cc1.Cl. The first kappa shape index (κ1) is 15.1. The molecule has 0 aromatic heterocycles. The molecule has 0 aliphatic heterocycles. The number of aliphatic hydroxyl groups excluding tert-OH is 1. The highest BCUT2D eigenvalue weighted by atomic mass is 35.5. The Bertz CT molecular complexity index is 306. The van der Waals surface area contributed by atoms with Crippen molar-refractivity contribution in [2.45, 2.75) is 25.7 Å². The summed E-state index contributed by atoms with van der Waals surface area (Å²) in [6.45, 7) is -1.27. The third-order valence-corrected chi connectivity index (χ3v) is 2.01. The largest absolute Gasteiger partial charge is 0.435 e. The summed E-state index contributed by atoms with van der Waals surface area (Å²) in [4.78, 5) is 0. The maximum atomic E-state index is 11.8. The average molecular weight is 254 g/mol. The minimum Gasteiger partial charge on any atom is -0.435 e. The molecule has 0 saturated heterocycles. The van der Waals surface area contributed by atoms with Gasteiger partial charge in [0, 0.05) is 0 Å². The van der Waals surface area contributed by atoms with Crippen molar-refractivity contribution in [1.29, 1.82) is 0 Å². The lowest BCUT2D eigenvalue weighted by Crippen LogP contribution is -2.22. The van der Waals surface area contributed by atoms with Crippen molar-refractivity contribution in [3.63, 3.8) is 0 Å². The number of benzene rings is 1. The lowest BCUT2D eigenvalue weighted by Gasteiger charge is -2.15. The van der Waals surface area contributed by atoms with E-state index in [1.54, 1.807) is 19.1 Å². The maximum Gasteiger partial charge on any atom is 0.387 e. The van der Waals surface area contributed by atoms with Crippen LogP contribution in [0.3, 0.4) is 0 Å². The molecule has 6 heteroatoms. The first-order valence-electron chi connectivity index (χ1n) is 4.49. The minimum atomic E-state index is -2.83. The van der Waals surface area contributed by atoms with E-state index < -0.39 is 18.8 Å². The molecule has 2 atom stereocenters. The maximum absolute atomic E-state index is 11.8. The van der Waals surface area contributed by atoms with E-state index in [1.807, 2.05) is 0 Å². The normalized spacial score (nSPS) is 14.1. The molecular weight excluding hydrogens is 240 g/mol. The first-order chi connectivity index (χ1) is 7.00.